The first-order chi connectivity index (χ1) is 17.3. The number of nitrogens with zero attached hydrogens (tertiary/aromatic N) is 2. The molecule has 3 N–H and O–H groups in total. The van der Waals surface area contributed by atoms with Gasteiger partial charge < -0.3 is 20.7 Å². The number of carbonyl (C=O) groups excluding carboxylic acids is 1. The van der Waals surface area contributed by atoms with Gasteiger partial charge in [-0.3, -0.25) is 4.79 Å². The van der Waals surface area contributed by atoms with E-state index in [4.69, 9.17) is 33.7 Å². The van der Waals surface area contributed by atoms with Crippen LogP contribution in [-0.2, 0) is 0 Å². The molecule has 1 unspecified atom stereocenters. The maximum Gasteiger partial charge on any atom is 0.251 e. The van der Waals surface area contributed by atoms with Crippen molar-refractivity contribution in [3.63, 3.8) is 0 Å². The van der Waals surface area contributed by atoms with Crippen molar-refractivity contribution in [2.75, 3.05) is 31.9 Å². The van der Waals surface area contributed by atoms with E-state index in [1.165, 1.54) is 31.4 Å². The number of hydrogen-bond acceptors (Lipinski definition) is 5. The van der Waals surface area contributed by atoms with E-state index in [-0.39, 0.29) is 16.7 Å². The molecule has 0 aliphatic carbocycles. The lowest BCUT2D eigenvalue weighted by molar-refractivity contribution is 0.0946. The lowest BCUT2D eigenvalue weighted by Crippen LogP contribution is -2.37. The third-order valence-corrected chi connectivity index (χ3v) is 7.03. The van der Waals surface area contributed by atoms with Gasteiger partial charge in [0.05, 0.1) is 5.02 Å². The summed E-state index contributed by atoms with van der Waals surface area (Å²) in [5.41, 5.74) is 8.54. The van der Waals surface area contributed by atoms with Gasteiger partial charge in [0.2, 0.25) is 0 Å². The van der Waals surface area contributed by atoms with Gasteiger partial charge in [-0.2, -0.15) is 0 Å². The summed E-state index contributed by atoms with van der Waals surface area (Å²) in [7, 11) is 0. The third kappa shape index (κ3) is 6.27. The Morgan fingerprint density at radius 2 is 1.86 bits per heavy atom. The quantitative estimate of drug-likeness (QED) is 0.342. The van der Waals surface area contributed by atoms with E-state index in [1.807, 2.05) is 12.1 Å². The number of nitrogen functional groups attached to an aromatic ring is 1. The molecule has 36 heavy (non-hydrogen) atoms. The van der Waals surface area contributed by atoms with Crippen LogP contribution in [0.4, 0.5) is 10.2 Å². The highest BCUT2D eigenvalue weighted by Gasteiger charge is 2.20. The number of carbonyl (C=O) groups is 1. The Labute approximate surface area is 220 Å². The minimum atomic E-state index is -0.670. The van der Waals surface area contributed by atoms with Crippen molar-refractivity contribution in [2.45, 2.75) is 32.3 Å². The van der Waals surface area contributed by atoms with E-state index in [0.29, 0.717) is 28.4 Å². The molecule has 0 bridgehead atoms. The smallest absolute Gasteiger partial charge is 0.251 e. The average Bonchev–Trinajstić information content (AvgIpc) is 2.88. The molecule has 1 aromatic heterocycles. The van der Waals surface area contributed by atoms with Gasteiger partial charge >= 0.3 is 0 Å². The summed E-state index contributed by atoms with van der Waals surface area (Å²) >= 11 is 12.3. The van der Waals surface area contributed by atoms with Gasteiger partial charge in [-0.05, 0) is 68.8 Å². The number of hydrogen-bond donors (Lipinski definition) is 2. The predicted octanol–water partition coefficient (Wildman–Crippen LogP) is 6.13. The number of benzene rings is 2. The lowest BCUT2D eigenvalue weighted by atomic mass is 10.0. The molecule has 6 nitrogen and oxygen atoms in total. The summed E-state index contributed by atoms with van der Waals surface area (Å²) in [6, 6.07) is 11.6. The molecule has 1 aliphatic rings. The van der Waals surface area contributed by atoms with Gasteiger partial charge in [-0.15, -0.1) is 0 Å². The number of pyridine rings is 1. The second-order valence-electron chi connectivity index (χ2n) is 8.86. The Bertz CT molecular complexity index is 1220. The number of nitrogens with two attached hydrogens (primary N) is 1. The highest BCUT2D eigenvalue weighted by atomic mass is 35.5. The zero-order valence-corrected chi connectivity index (χ0v) is 21.6. The maximum atomic E-state index is 14.0. The van der Waals surface area contributed by atoms with E-state index >= 15 is 0 Å². The van der Waals surface area contributed by atoms with Crippen LogP contribution >= 0.6 is 23.2 Å². The number of rotatable bonds is 8. The van der Waals surface area contributed by atoms with Crippen molar-refractivity contribution in [2.24, 2.45) is 0 Å². The van der Waals surface area contributed by atoms with Crippen molar-refractivity contribution in [1.82, 2.24) is 15.2 Å². The Balaban J connectivity index is 1.42. The minimum Gasteiger partial charge on any atom is -0.482 e. The molecule has 4 rings (SSSR count). The molecule has 0 saturated carbocycles. The number of piperidine rings is 1. The molecule has 1 fully saturated rings. The first-order valence-corrected chi connectivity index (χ1v) is 12.8. The standard InChI is InChI=1S/C27H29Cl2FN4O2/c1-17(24-21(28)9-10-22(30)25(24)29)36-23-15-20(16-33-26(23)31)18-5-7-19(8-6-18)27(35)32-11-14-34-12-3-2-4-13-34/h5-10,15-17H,2-4,11-14H2,1H3,(H2,31,33)(H,32,35). The summed E-state index contributed by atoms with van der Waals surface area (Å²) in [6.07, 6.45) is 4.71. The first kappa shape index (κ1) is 26.2. The fraction of sp³-hybridized carbons (Fsp3) is 0.333. The van der Waals surface area contributed by atoms with E-state index < -0.39 is 11.9 Å². The molecule has 0 spiro atoms. The van der Waals surface area contributed by atoms with Crippen molar-refractivity contribution < 1.29 is 13.9 Å². The van der Waals surface area contributed by atoms with Crippen LogP contribution in [0.1, 0.15) is 48.2 Å². The number of likely N-dealkylation sites (tertiary alicyclic amines) is 1. The number of halogens is 3. The molecule has 2 heterocycles. The monoisotopic (exact) mass is 530 g/mol. The molecule has 9 heteroatoms. The fourth-order valence-electron chi connectivity index (χ4n) is 4.30. The van der Waals surface area contributed by atoms with Crippen LogP contribution < -0.4 is 15.8 Å². The highest BCUT2D eigenvalue weighted by molar-refractivity contribution is 6.36. The fourth-order valence-corrected chi connectivity index (χ4v) is 4.98. The molecular weight excluding hydrogens is 502 g/mol. The molecule has 3 aromatic rings. The second kappa shape index (κ2) is 11.9. The molecule has 190 valence electrons. The maximum absolute atomic E-state index is 14.0. The Morgan fingerprint density at radius 1 is 1.14 bits per heavy atom. The van der Waals surface area contributed by atoms with E-state index in [0.717, 1.165) is 30.8 Å². The second-order valence-corrected chi connectivity index (χ2v) is 9.65. The Kier molecular flexibility index (Phi) is 8.67. The molecule has 1 aliphatic heterocycles. The van der Waals surface area contributed by atoms with Crippen LogP contribution in [0.3, 0.4) is 0 Å². The van der Waals surface area contributed by atoms with Crippen LogP contribution in [0.25, 0.3) is 11.1 Å². The van der Waals surface area contributed by atoms with Crippen molar-refractivity contribution in [3.8, 4) is 16.9 Å². The summed E-state index contributed by atoms with van der Waals surface area (Å²) in [5.74, 6) is -0.187. The van der Waals surface area contributed by atoms with Crippen LogP contribution in [0.5, 0.6) is 5.75 Å². The third-order valence-electron chi connectivity index (χ3n) is 6.31. The Hall–Kier alpha value is -2.87. The van der Waals surface area contributed by atoms with Gasteiger partial charge in [0.15, 0.2) is 11.6 Å². The van der Waals surface area contributed by atoms with Crippen LogP contribution in [0.15, 0.2) is 48.7 Å². The summed E-state index contributed by atoms with van der Waals surface area (Å²) in [5, 5.41) is 3.19. The number of anilines is 1. The molecule has 1 saturated heterocycles. The number of nitrogens with one attached hydrogen (secondary N) is 1. The van der Waals surface area contributed by atoms with Gasteiger partial charge in [-0.1, -0.05) is 41.8 Å². The van der Waals surface area contributed by atoms with Crippen LogP contribution in [-0.4, -0.2) is 42.0 Å². The van der Waals surface area contributed by atoms with Crippen LogP contribution in [0, 0.1) is 5.82 Å². The molecule has 1 atom stereocenters. The predicted molar refractivity (Wildman–Crippen MR) is 142 cm³/mol. The summed E-state index contributed by atoms with van der Waals surface area (Å²) < 4.78 is 19.9. The van der Waals surface area contributed by atoms with E-state index in [1.54, 1.807) is 31.3 Å². The number of aromatic nitrogens is 1. The molecule has 1 amide bonds. The van der Waals surface area contributed by atoms with Crippen LogP contribution in [0.2, 0.25) is 10.0 Å². The SMILES string of the molecule is CC(Oc1cc(-c2ccc(C(=O)NCCN3CCCCC3)cc2)cnc1N)c1c(Cl)ccc(F)c1Cl. The largest absolute Gasteiger partial charge is 0.482 e. The zero-order chi connectivity index (χ0) is 25.7. The normalized spacial score (nSPS) is 14.9. The number of amides is 1. The van der Waals surface area contributed by atoms with Gasteiger partial charge in [0.1, 0.15) is 11.9 Å². The molecular formula is C27H29Cl2FN4O2. The van der Waals surface area contributed by atoms with Gasteiger partial charge in [0.25, 0.3) is 5.91 Å². The van der Waals surface area contributed by atoms with Gasteiger partial charge in [0, 0.05) is 41.0 Å². The number of ether oxygens (including phenoxy) is 1. The summed E-state index contributed by atoms with van der Waals surface area (Å²) in [6.45, 7) is 5.41. The Morgan fingerprint density at radius 3 is 2.58 bits per heavy atom. The highest BCUT2D eigenvalue weighted by Crippen LogP contribution is 2.37. The van der Waals surface area contributed by atoms with Gasteiger partial charge in [-0.25, -0.2) is 9.37 Å². The molecule has 2 aromatic carbocycles. The first-order valence-electron chi connectivity index (χ1n) is 12.0. The van der Waals surface area contributed by atoms with Crippen molar-refractivity contribution in [3.05, 3.63) is 75.7 Å². The van der Waals surface area contributed by atoms with Crippen molar-refractivity contribution >= 4 is 34.9 Å². The van der Waals surface area contributed by atoms with Crippen molar-refractivity contribution in [1.29, 1.82) is 0 Å². The molecule has 0 radical (unpaired) electrons. The topological polar surface area (TPSA) is 80.5 Å². The van der Waals surface area contributed by atoms with E-state index in [9.17, 15) is 9.18 Å². The summed E-state index contributed by atoms with van der Waals surface area (Å²) in [4.78, 5) is 19.2. The minimum absolute atomic E-state index is 0.0949. The average molecular weight is 531 g/mol. The van der Waals surface area contributed by atoms with E-state index in [2.05, 4.69) is 15.2 Å². The lowest BCUT2D eigenvalue weighted by Gasteiger charge is -2.26. The zero-order valence-electron chi connectivity index (χ0n) is 20.1.